The van der Waals surface area contributed by atoms with Gasteiger partial charge in [-0.15, -0.1) is 11.8 Å². The van der Waals surface area contributed by atoms with Crippen LogP contribution in [0.5, 0.6) is 17.2 Å². The smallest absolute Gasteiger partial charge is 0.387 e. The second-order valence-corrected chi connectivity index (χ2v) is 6.89. The van der Waals surface area contributed by atoms with E-state index in [1.807, 2.05) is 0 Å². The molecule has 6 nitrogen and oxygen atoms in total. The molecule has 0 aliphatic carbocycles. The summed E-state index contributed by atoms with van der Waals surface area (Å²) in [6.45, 7) is -2.97. The molecule has 0 heterocycles. The van der Waals surface area contributed by atoms with Crippen molar-refractivity contribution in [2.24, 2.45) is 0 Å². The maximum atomic E-state index is 12.5. The number of ketones is 1. The molecule has 160 valence electrons. The van der Waals surface area contributed by atoms with E-state index in [4.69, 9.17) is 14.6 Å². The number of alkyl halides is 2. The van der Waals surface area contributed by atoms with Crippen molar-refractivity contribution in [2.45, 2.75) is 12.4 Å². The van der Waals surface area contributed by atoms with Gasteiger partial charge in [-0.2, -0.15) is 8.78 Å². The van der Waals surface area contributed by atoms with Crippen LogP contribution in [0.1, 0.15) is 21.5 Å². The zero-order valence-corrected chi connectivity index (χ0v) is 17.1. The van der Waals surface area contributed by atoms with Gasteiger partial charge < -0.3 is 19.3 Å². The van der Waals surface area contributed by atoms with Crippen LogP contribution in [0.15, 0.2) is 42.5 Å². The number of methoxy groups -OCH3 is 2. The molecule has 0 aliphatic heterocycles. The first-order valence-electron chi connectivity index (χ1n) is 8.65. The van der Waals surface area contributed by atoms with Crippen molar-refractivity contribution in [1.29, 1.82) is 0 Å². The summed E-state index contributed by atoms with van der Waals surface area (Å²) in [5, 5.41) is 8.77. The van der Waals surface area contributed by atoms with Crippen LogP contribution in [0.4, 0.5) is 8.78 Å². The van der Waals surface area contributed by atoms with E-state index in [1.165, 1.54) is 56.3 Å². The topological polar surface area (TPSA) is 82.1 Å². The maximum absolute atomic E-state index is 12.5. The van der Waals surface area contributed by atoms with Gasteiger partial charge in [-0.1, -0.05) is 12.1 Å². The lowest BCUT2D eigenvalue weighted by molar-refractivity contribution is -0.133. The van der Waals surface area contributed by atoms with E-state index in [9.17, 15) is 18.4 Å². The van der Waals surface area contributed by atoms with Gasteiger partial charge >= 0.3 is 12.6 Å². The molecule has 0 unspecified atom stereocenters. The van der Waals surface area contributed by atoms with E-state index < -0.39 is 12.6 Å². The molecule has 0 aliphatic rings. The van der Waals surface area contributed by atoms with Gasteiger partial charge in [0.25, 0.3) is 0 Å². The minimum absolute atomic E-state index is 0.0612. The lowest BCUT2D eigenvalue weighted by atomic mass is 10.1. The van der Waals surface area contributed by atoms with Crippen molar-refractivity contribution in [1.82, 2.24) is 0 Å². The molecule has 0 radical (unpaired) electrons. The highest BCUT2D eigenvalue weighted by Crippen LogP contribution is 2.30. The monoisotopic (exact) mass is 438 g/mol. The number of rotatable bonds is 11. The third-order valence-electron chi connectivity index (χ3n) is 3.88. The first-order chi connectivity index (χ1) is 14.3. The predicted molar refractivity (Wildman–Crippen MR) is 110 cm³/mol. The van der Waals surface area contributed by atoms with Gasteiger partial charge in [0.05, 0.1) is 20.0 Å². The number of halogens is 2. The molecule has 0 saturated heterocycles. The fraction of sp³-hybridized carbons (Fsp3) is 0.238. The molecule has 9 heteroatoms. The van der Waals surface area contributed by atoms with Crippen molar-refractivity contribution in [3.05, 3.63) is 59.2 Å². The summed E-state index contributed by atoms with van der Waals surface area (Å²) in [5.74, 6) is -0.310. The second kappa shape index (κ2) is 11.2. The van der Waals surface area contributed by atoms with Gasteiger partial charge in [-0.05, 0) is 42.0 Å². The van der Waals surface area contributed by atoms with Crippen LogP contribution in [0.25, 0.3) is 6.08 Å². The van der Waals surface area contributed by atoms with E-state index in [-0.39, 0.29) is 23.0 Å². The first kappa shape index (κ1) is 23.2. The number of carboxylic acid groups (broad SMARTS) is 1. The highest BCUT2D eigenvalue weighted by atomic mass is 32.2. The molecule has 0 saturated carbocycles. The molecule has 0 amide bonds. The molecule has 0 atom stereocenters. The lowest BCUT2D eigenvalue weighted by Gasteiger charge is -2.10. The highest BCUT2D eigenvalue weighted by molar-refractivity contribution is 7.99. The van der Waals surface area contributed by atoms with E-state index in [2.05, 4.69) is 4.74 Å². The molecule has 0 aromatic heterocycles. The Hall–Kier alpha value is -3.07. The molecular weight excluding hydrogens is 418 g/mol. The minimum atomic E-state index is -2.97. The number of hydrogen-bond donors (Lipinski definition) is 1. The quantitative estimate of drug-likeness (QED) is 0.408. The molecule has 1 N–H and O–H groups in total. The molecule has 0 spiro atoms. The molecular formula is C21H20F2O6S. The molecule has 2 aromatic carbocycles. The van der Waals surface area contributed by atoms with E-state index >= 15 is 0 Å². The van der Waals surface area contributed by atoms with Gasteiger partial charge in [0.1, 0.15) is 5.75 Å². The number of hydrogen-bond acceptors (Lipinski definition) is 6. The first-order valence-corrected chi connectivity index (χ1v) is 9.81. The lowest BCUT2D eigenvalue weighted by Crippen LogP contribution is -2.03. The van der Waals surface area contributed by atoms with Crippen LogP contribution in [-0.2, 0) is 10.5 Å². The Kier molecular flexibility index (Phi) is 8.67. The van der Waals surface area contributed by atoms with Crippen molar-refractivity contribution in [3.8, 4) is 17.2 Å². The van der Waals surface area contributed by atoms with Crippen LogP contribution in [-0.4, -0.2) is 43.4 Å². The zero-order valence-electron chi connectivity index (χ0n) is 16.3. The summed E-state index contributed by atoms with van der Waals surface area (Å²) in [7, 11) is 2.82. The van der Waals surface area contributed by atoms with Gasteiger partial charge in [0, 0.05) is 16.9 Å². The van der Waals surface area contributed by atoms with E-state index in [0.717, 1.165) is 0 Å². The van der Waals surface area contributed by atoms with Gasteiger partial charge in [0.15, 0.2) is 17.3 Å². The fourth-order valence-corrected chi connectivity index (χ4v) is 3.26. The summed E-state index contributed by atoms with van der Waals surface area (Å²) in [6, 6.07) is 9.24. The van der Waals surface area contributed by atoms with Gasteiger partial charge in [-0.3, -0.25) is 9.59 Å². The average Bonchev–Trinajstić information content (AvgIpc) is 2.72. The number of aliphatic carboxylic acids is 1. The zero-order chi connectivity index (χ0) is 22.1. The number of thioether (sulfide) groups is 1. The van der Waals surface area contributed by atoms with Crippen molar-refractivity contribution in [3.63, 3.8) is 0 Å². The fourth-order valence-electron chi connectivity index (χ4n) is 2.54. The Morgan fingerprint density at radius 3 is 2.40 bits per heavy atom. The standard InChI is InChI=1S/C21H20F2O6S/c1-27-17-8-5-14(10-15(17)11-30-12-20(25)26)16(24)6-3-13-4-7-18(29-21(22)23)19(9-13)28-2/h3-10,21H,11-12H2,1-2H3,(H,25,26)/b6-3+. The van der Waals surface area contributed by atoms with Crippen molar-refractivity contribution in [2.75, 3.05) is 20.0 Å². The number of carboxylic acids is 1. The average molecular weight is 438 g/mol. The summed E-state index contributed by atoms with van der Waals surface area (Å²) < 4.78 is 39.5. The number of allylic oxidation sites excluding steroid dienone is 1. The Balaban J connectivity index is 2.16. The predicted octanol–water partition coefficient (Wildman–Crippen LogP) is 4.52. The number of benzene rings is 2. The van der Waals surface area contributed by atoms with Crippen LogP contribution in [0.3, 0.4) is 0 Å². The number of ether oxygens (including phenoxy) is 3. The van der Waals surface area contributed by atoms with Crippen LogP contribution in [0, 0.1) is 0 Å². The molecule has 0 fully saturated rings. The van der Waals surface area contributed by atoms with E-state index in [0.29, 0.717) is 28.2 Å². The third-order valence-corrected chi connectivity index (χ3v) is 4.85. The third kappa shape index (κ3) is 6.77. The summed E-state index contributed by atoms with van der Waals surface area (Å²) in [4.78, 5) is 23.2. The molecule has 0 bridgehead atoms. The van der Waals surface area contributed by atoms with E-state index in [1.54, 1.807) is 18.2 Å². The molecule has 2 aromatic rings. The second-order valence-electron chi connectivity index (χ2n) is 5.90. The summed E-state index contributed by atoms with van der Waals surface area (Å²) in [5.41, 5.74) is 1.67. The Bertz CT molecular complexity index is 930. The van der Waals surface area contributed by atoms with Gasteiger partial charge in [0.2, 0.25) is 0 Å². The Labute approximate surface area is 176 Å². The van der Waals surface area contributed by atoms with Crippen molar-refractivity contribution >= 4 is 29.6 Å². The van der Waals surface area contributed by atoms with Crippen LogP contribution in [0.2, 0.25) is 0 Å². The Morgan fingerprint density at radius 2 is 1.77 bits per heavy atom. The Morgan fingerprint density at radius 1 is 1.07 bits per heavy atom. The van der Waals surface area contributed by atoms with Crippen LogP contribution < -0.4 is 14.2 Å². The van der Waals surface area contributed by atoms with Crippen LogP contribution >= 0.6 is 11.8 Å². The SMILES string of the molecule is COc1ccc(C(=O)/C=C/c2ccc(OC(F)F)c(OC)c2)cc1CSCC(=O)O. The molecule has 2 rings (SSSR count). The largest absolute Gasteiger partial charge is 0.496 e. The maximum Gasteiger partial charge on any atom is 0.387 e. The highest BCUT2D eigenvalue weighted by Gasteiger charge is 2.12. The molecule has 30 heavy (non-hydrogen) atoms. The van der Waals surface area contributed by atoms with Gasteiger partial charge in [-0.25, -0.2) is 0 Å². The minimum Gasteiger partial charge on any atom is -0.496 e. The summed E-state index contributed by atoms with van der Waals surface area (Å²) in [6.07, 6.45) is 2.87. The number of carbonyl (C=O) groups excluding carboxylic acids is 1. The summed E-state index contributed by atoms with van der Waals surface area (Å²) >= 11 is 1.20. The van der Waals surface area contributed by atoms with Crippen molar-refractivity contribution < 1.29 is 37.7 Å². The normalized spacial score (nSPS) is 11.0. The number of carbonyl (C=O) groups is 2.